The van der Waals surface area contributed by atoms with Crippen molar-refractivity contribution in [2.75, 3.05) is 18.1 Å². The molecule has 0 radical (unpaired) electrons. The van der Waals surface area contributed by atoms with Crippen molar-refractivity contribution in [1.29, 1.82) is 0 Å². The second-order valence-electron chi connectivity index (χ2n) is 4.74. The molecule has 0 bridgehead atoms. The Bertz CT molecular complexity index is 604. The van der Waals surface area contributed by atoms with Crippen molar-refractivity contribution in [3.8, 4) is 0 Å². The number of tetrazole rings is 1. The summed E-state index contributed by atoms with van der Waals surface area (Å²) in [6.45, 7) is 0.903. The highest BCUT2D eigenvalue weighted by atomic mass is 35.5. The van der Waals surface area contributed by atoms with Crippen LogP contribution in [0, 0.1) is 0 Å². The van der Waals surface area contributed by atoms with Crippen molar-refractivity contribution in [2.45, 2.75) is 12.6 Å². The molecule has 21 heavy (non-hydrogen) atoms. The molecular formula is C13H14ClN5OS. The standard InChI is InChI=1S/C13H14ClN5OS/c14-11-3-1-10(2-4-11)12-8-21-6-5-19(12)13(20)7-18-9-15-16-17-18/h1-4,9,12H,5-8H2. The first-order chi connectivity index (χ1) is 10.2. The molecule has 1 aromatic heterocycles. The molecule has 1 unspecified atom stereocenters. The van der Waals surface area contributed by atoms with E-state index in [1.807, 2.05) is 40.9 Å². The van der Waals surface area contributed by atoms with E-state index in [-0.39, 0.29) is 18.5 Å². The third kappa shape index (κ3) is 3.36. The van der Waals surface area contributed by atoms with Gasteiger partial charge in [-0.1, -0.05) is 23.7 Å². The Hall–Kier alpha value is -1.60. The van der Waals surface area contributed by atoms with E-state index in [0.717, 1.165) is 23.6 Å². The number of halogens is 1. The third-order valence-corrected chi connectivity index (χ3v) is 4.67. The summed E-state index contributed by atoms with van der Waals surface area (Å²) in [5.74, 6) is 1.87. The molecule has 1 aliphatic rings. The Morgan fingerprint density at radius 1 is 1.38 bits per heavy atom. The van der Waals surface area contributed by atoms with Gasteiger partial charge in [-0.25, -0.2) is 4.68 Å². The maximum Gasteiger partial charge on any atom is 0.245 e. The summed E-state index contributed by atoms with van der Waals surface area (Å²) >= 11 is 7.79. The first-order valence-corrected chi connectivity index (χ1v) is 8.11. The van der Waals surface area contributed by atoms with Crippen LogP contribution in [0.25, 0.3) is 0 Å². The fourth-order valence-electron chi connectivity index (χ4n) is 2.35. The topological polar surface area (TPSA) is 63.9 Å². The zero-order valence-corrected chi connectivity index (χ0v) is 12.8. The summed E-state index contributed by atoms with van der Waals surface area (Å²) in [7, 11) is 0. The predicted molar refractivity (Wildman–Crippen MR) is 81.0 cm³/mol. The first kappa shape index (κ1) is 14.3. The minimum atomic E-state index is 0.0301. The fraction of sp³-hybridized carbons (Fsp3) is 0.385. The van der Waals surface area contributed by atoms with Crippen molar-refractivity contribution in [3.05, 3.63) is 41.2 Å². The largest absolute Gasteiger partial charge is 0.332 e. The Balaban J connectivity index is 1.77. The number of carbonyl (C=O) groups is 1. The average molecular weight is 324 g/mol. The van der Waals surface area contributed by atoms with Gasteiger partial charge in [-0.15, -0.1) is 5.10 Å². The van der Waals surface area contributed by atoms with Crippen LogP contribution in [-0.4, -0.2) is 49.1 Å². The highest BCUT2D eigenvalue weighted by Crippen LogP contribution is 2.30. The lowest BCUT2D eigenvalue weighted by Gasteiger charge is -2.35. The first-order valence-electron chi connectivity index (χ1n) is 6.57. The highest BCUT2D eigenvalue weighted by Gasteiger charge is 2.28. The van der Waals surface area contributed by atoms with Crippen LogP contribution in [0.1, 0.15) is 11.6 Å². The molecule has 6 nitrogen and oxygen atoms in total. The maximum absolute atomic E-state index is 12.5. The molecule has 0 aliphatic carbocycles. The van der Waals surface area contributed by atoms with Crippen molar-refractivity contribution >= 4 is 29.3 Å². The molecule has 1 aromatic carbocycles. The maximum atomic E-state index is 12.5. The Labute approximate surface area is 131 Å². The molecule has 0 N–H and O–H groups in total. The number of hydrogen-bond donors (Lipinski definition) is 0. The van der Waals surface area contributed by atoms with Gasteiger partial charge in [0.1, 0.15) is 12.9 Å². The quantitative estimate of drug-likeness (QED) is 0.859. The van der Waals surface area contributed by atoms with E-state index in [1.165, 1.54) is 11.0 Å². The summed E-state index contributed by atoms with van der Waals surface area (Å²) in [5, 5.41) is 11.5. The van der Waals surface area contributed by atoms with E-state index in [4.69, 9.17) is 11.6 Å². The van der Waals surface area contributed by atoms with Crippen molar-refractivity contribution < 1.29 is 4.79 Å². The predicted octanol–water partition coefficient (Wildman–Crippen LogP) is 1.64. The van der Waals surface area contributed by atoms with Crippen LogP contribution in [0.4, 0.5) is 0 Å². The van der Waals surface area contributed by atoms with Gasteiger partial charge in [0.25, 0.3) is 0 Å². The van der Waals surface area contributed by atoms with Crippen LogP contribution >= 0.6 is 23.4 Å². The summed E-state index contributed by atoms with van der Waals surface area (Å²) < 4.78 is 1.45. The molecule has 0 saturated carbocycles. The number of aromatic nitrogens is 4. The Kier molecular flexibility index (Phi) is 4.40. The minimum Gasteiger partial charge on any atom is -0.332 e. The van der Waals surface area contributed by atoms with Gasteiger partial charge < -0.3 is 4.90 Å². The van der Waals surface area contributed by atoms with E-state index in [2.05, 4.69) is 15.5 Å². The van der Waals surface area contributed by atoms with Gasteiger partial charge in [-0.05, 0) is 28.1 Å². The number of hydrogen-bond acceptors (Lipinski definition) is 5. The molecule has 2 aromatic rings. The van der Waals surface area contributed by atoms with Gasteiger partial charge in [-0.3, -0.25) is 4.79 Å². The molecular weight excluding hydrogens is 310 g/mol. The lowest BCUT2D eigenvalue weighted by atomic mass is 10.1. The molecule has 8 heteroatoms. The molecule has 1 fully saturated rings. The van der Waals surface area contributed by atoms with Gasteiger partial charge in [0.15, 0.2) is 0 Å². The minimum absolute atomic E-state index is 0.0301. The van der Waals surface area contributed by atoms with E-state index in [0.29, 0.717) is 5.02 Å². The zero-order valence-electron chi connectivity index (χ0n) is 11.2. The van der Waals surface area contributed by atoms with E-state index < -0.39 is 0 Å². The van der Waals surface area contributed by atoms with Crippen LogP contribution in [-0.2, 0) is 11.3 Å². The summed E-state index contributed by atoms with van der Waals surface area (Å²) in [4.78, 5) is 14.4. The van der Waals surface area contributed by atoms with Crippen LogP contribution in [0.3, 0.4) is 0 Å². The monoisotopic (exact) mass is 323 g/mol. The highest BCUT2D eigenvalue weighted by molar-refractivity contribution is 7.99. The fourth-order valence-corrected chi connectivity index (χ4v) is 3.56. The zero-order chi connectivity index (χ0) is 14.7. The van der Waals surface area contributed by atoms with Gasteiger partial charge >= 0.3 is 0 Å². The van der Waals surface area contributed by atoms with E-state index in [9.17, 15) is 4.79 Å². The SMILES string of the molecule is O=C(Cn1cnnn1)N1CCSCC1c1ccc(Cl)cc1. The normalized spacial score (nSPS) is 18.7. The smallest absolute Gasteiger partial charge is 0.245 e. The number of benzene rings is 1. The van der Waals surface area contributed by atoms with Crippen LogP contribution in [0.15, 0.2) is 30.6 Å². The average Bonchev–Trinajstić information content (AvgIpc) is 3.01. The molecule has 0 spiro atoms. The number of carbonyl (C=O) groups excluding carboxylic acids is 1. The lowest BCUT2D eigenvalue weighted by Crippen LogP contribution is -2.42. The van der Waals surface area contributed by atoms with Crippen molar-refractivity contribution in [3.63, 3.8) is 0 Å². The van der Waals surface area contributed by atoms with Crippen LogP contribution < -0.4 is 0 Å². The molecule has 110 valence electrons. The number of rotatable bonds is 3. The van der Waals surface area contributed by atoms with Crippen molar-refractivity contribution in [2.24, 2.45) is 0 Å². The van der Waals surface area contributed by atoms with E-state index in [1.54, 1.807) is 0 Å². The molecule has 2 heterocycles. The second-order valence-corrected chi connectivity index (χ2v) is 6.32. The molecule has 1 atom stereocenters. The molecule has 1 aliphatic heterocycles. The van der Waals surface area contributed by atoms with Crippen LogP contribution in [0.5, 0.6) is 0 Å². The van der Waals surface area contributed by atoms with Gasteiger partial charge in [-0.2, -0.15) is 11.8 Å². The summed E-state index contributed by atoms with van der Waals surface area (Å²) in [5.41, 5.74) is 1.11. The Morgan fingerprint density at radius 2 is 2.19 bits per heavy atom. The van der Waals surface area contributed by atoms with E-state index >= 15 is 0 Å². The Morgan fingerprint density at radius 3 is 2.90 bits per heavy atom. The lowest BCUT2D eigenvalue weighted by molar-refractivity contribution is -0.134. The van der Waals surface area contributed by atoms with Crippen LogP contribution in [0.2, 0.25) is 5.02 Å². The number of nitrogens with zero attached hydrogens (tertiary/aromatic N) is 5. The number of thioether (sulfide) groups is 1. The molecule has 3 rings (SSSR count). The molecule has 1 saturated heterocycles. The second kappa shape index (κ2) is 6.44. The van der Waals surface area contributed by atoms with Crippen molar-refractivity contribution in [1.82, 2.24) is 25.1 Å². The third-order valence-electron chi connectivity index (χ3n) is 3.39. The number of amides is 1. The summed E-state index contributed by atoms with van der Waals surface area (Å²) in [6.07, 6.45) is 1.45. The summed E-state index contributed by atoms with van der Waals surface area (Å²) in [6, 6.07) is 7.76. The van der Waals surface area contributed by atoms with Gasteiger partial charge in [0, 0.05) is 23.1 Å². The van der Waals surface area contributed by atoms with Gasteiger partial charge in [0.2, 0.25) is 5.91 Å². The molecule has 1 amide bonds. The van der Waals surface area contributed by atoms with Gasteiger partial charge in [0.05, 0.1) is 6.04 Å².